The van der Waals surface area contributed by atoms with Crippen LogP contribution in [0.25, 0.3) is 0 Å². The summed E-state index contributed by atoms with van der Waals surface area (Å²) in [6, 6.07) is 0.221. The number of hydrogen-bond acceptors (Lipinski definition) is 6. The minimum atomic E-state index is -0.0930. The van der Waals surface area contributed by atoms with Crippen molar-refractivity contribution in [3.05, 3.63) is 29.9 Å². The summed E-state index contributed by atoms with van der Waals surface area (Å²) in [4.78, 5) is 11.4. The highest BCUT2D eigenvalue weighted by atomic mass is 35.5. The lowest BCUT2D eigenvalue weighted by Crippen LogP contribution is -2.46. The van der Waals surface area contributed by atoms with Gasteiger partial charge in [-0.05, 0) is 0 Å². The summed E-state index contributed by atoms with van der Waals surface area (Å²) in [7, 11) is 2.03. The highest BCUT2D eigenvalue weighted by Gasteiger charge is 2.29. The molecule has 7 nitrogen and oxygen atoms in total. The highest BCUT2D eigenvalue weighted by molar-refractivity contribution is 5.85. The summed E-state index contributed by atoms with van der Waals surface area (Å²) in [6.45, 7) is 9.69. The first kappa shape index (κ1) is 17.9. The lowest BCUT2D eigenvalue weighted by molar-refractivity contribution is 0.128. The molecular formula is C15H25ClN6O. The van der Waals surface area contributed by atoms with Gasteiger partial charge in [0, 0.05) is 44.5 Å². The quantitative estimate of drug-likeness (QED) is 0.916. The van der Waals surface area contributed by atoms with Gasteiger partial charge in [-0.1, -0.05) is 25.9 Å². The van der Waals surface area contributed by atoms with Gasteiger partial charge in [0.05, 0.1) is 12.6 Å². The maximum absolute atomic E-state index is 5.44. The SMILES string of the molecule is Cl.Cn1ccnc1C1CNCCN1Cc1nc(C(C)(C)C)no1. The van der Waals surface area contributed by atoms with E-state index >= 15 is 0 Å². The van der Waals surface area contributed by atoms with Crippen molar-refractivity contribution in [1.29, 1.82) is 0 Å². The average molecular weight is 341 g/mol. The van der Waals surface area contributed by atoms with Crippen LogP contribution in [-0.4, -0.2) is 44.2 Å². The highest BCUT2D eigenvalue weighted by Crippen LogP contribution is 2.23. The number of piperazine rings is 1. The molecule has 1 fully saturated rings. The largest absolute Gasteiger partial charge is 0.338 e. The third kappa shape index (κ3) is 3.91. The fourth-order valence-corrected chi connectivity index (χ4v) is 2.69. The summed E-state index contributed by atoms with van der Waals surface area (Å²) in [5, 5.41) is 7.54. The zero-order valence-corrected chi connectivity index (χ0v) is 14.9. The summed E-state index contributed by atoms with van der Waals surface area (Å²) in [5.41, 5.74) is -0.0930. The van der Waals surface area contributed by atoms with Gasteiger partial charge >= 0.3 is 0 Å². The first-order chi connectivity index (χ1) is 10.4. The second kappa shape index (κ2) is 6.98. The van der Waals surface area contributed by atoms with E-state index in [-0.39, 0.29) is 23.9 Å². The zero-order valence-electron chi connectivity index (χ0n) is 14.1. The molecule has 2 aromatic rings. The van der Waals surface area contributed by atoms with Crippen molar-refractivity contribution in [3.63, 3.8) is 0 Å². The van der Waals surface area contributed by atoms with Gasteiger partial charge in [-0.2, -0.15) is 4.98 Å². The predicted molar refractivity (Wildman–Crippen MR) is 89.5 cm³/mol. The molecule has 128 valence electrons. The van der Waals surface area contributed by atoms with Crippen molar-refractivity contribution in [3.8, 4) is 0 Å². The van der Waals surface area contributed by atoms with E-state index in [0.29, 0.717) is 12.4 Å². The van der Waals surface area contributed by atoms with Crippen LogP contribution in [0.4, 0.5) is 0 Å². The van der Waals surface area contributed by atoms with Gasteiger partial charge in [-0.25, -0.2) is 4.98 Å². The van der Waals surface area contributed by atoms with E-state index in [1.165, 1.54) is 0 Å². The van der Waals surface area contributed by atoms with Gasteiger partial charge in [0.15, 0.2) is 5.82 Å². The summed E-state index contributed by atoms with van der Waals surface area (Å²) < 4.78 is 7.51. The zero-order chi connectivity index (χ0) is 15.7. The molecule has 1 aliphatic heterocycles. The van der Waals surface area contributed by atoms with Gasteiger partial charge < -0.3 is 14.4 Å². The Labute approximate surface area is 142 Å². The van der Waals surface area contributed by atoms with E-state index < -0.39 is 0 Å². The lowest BCUT2D eigenvalue weighted by atomic mass is 9.96. The Morgan fingerprint density at radius 3 is 2.78 bits per heavy atom. The van der Waals surface area contributed by atoms with Crippen molar-refractivity contribution in [2.45, 2.75) is 38.8 Å². The molecule has 0 bridgehead atoms. The van der Waals surface area contributed by atoms with Gasteiger partial charge in [0.1, 0.15) is 5.82 Å². The molecule has 23 heavy (non-hydrogen) atoms. The number of hydrogen-bond donors (Lipinski definition) is 1. The van der Waals surface area contributed by atoms with Crippen LogP contribution in [-0.2, 0) is 19.0 Å². The molecule has 0 radical (unpaired) electrons. The monoisotopic (exact) mass is 340 g/mol. The first-order valence-electron chi connectivity index (χ1n) is 7.70. The van der Waals surface area contributed by atoms with Crippen molar-refractivity contribution in [1.82, 2.24) is 29.9 Å². The first-order valence-corrected chi connectivity index (χ1v) is 7.70. The number of nitrogens with one attached hydrogen (secondary N) is 1. The van der Waals surface area contributed by atoms with Crippen LogP contribution in [0.5, 0.6) is 0 Å². The van der Waals surface area contributed by atoms with Gasteiger partial charge in [-0.15, -0.1) is 12.4 Å². The van der Waals surface area contributed by atoms with Crippen LogP contribution in [0.2, 0.25) is 0 Å². The Morgan fingerprint density at radius 1 is 1.39 bits per heavy atom. The number of imidazole rings is 1. The van der Waals surface area contributed by atoms with E-state index in [9.17, 15) is 0 Å². The number of rotatable bonds is 3. The standard InChI is InChI=1S/C15H24N6O.ClH/c1-15(2,3)14-18-12(22-19-14)10-21-8-5-16-9-11(21)13-17-6-7-20(13)4;/h6-7,11,16H,5,8-10H2,1-4H3;1H. The molecule has 0 spiro atoms. The second-order valence-corrected chi connectivity index (χ2v) is 6.85. The van der Waals surface area contributed by atoms with Crippen molar-refractivity contribution in [2.24, 2.45) is 7.05 Å². The minimum absolute atomic E-state index is 0. The molecule has 1 aliphatic rings. The van der Waals surface area contributed by atoms with E-state index in [1.807, 2.05) is 19.4 Å². The van der Waals surface area contributed by atoms with Crippen molar-refractivity contribution >= 4 is 12.4 Å². The van der Waals surface area contributed by atoms with Crippen LogP contribution in [0.15, 0.2) is 16.9 Å². The van der Waals surface area contributed by atoms with E-state index in [0.717, 1.165) is 31.3 Å². The fourth-order valence-electron chi connectivity index (χ4n) is 2.69. The molecule has 8 heteroatoms. The van der Waals surface area contributed by atoms with Crippen molar-refractivity contribution in [2.75, 3.05) is 19.6 Å². The third-order valence-electron chi connectivity index (χ3n) is 3.99. The molecule has 1 N–H and O–H groups in total. The Bertz CT molecular complexity index is 632. The van der Waals surface area contributed by atoms with Gasteiger partial charge in [-0.3, -0.25) is 4.90 Å². The number of aryl methyl sites for hydroxylation is 1. The molecule has 0 aliphatic carbocycles. The fraction of sp³-hybridized carbons (Fsp3) is 0.667. The molecule has 0 amide bonds. The summed E-state index contributed by atoms with van der Waals surface area (Å²) >= 11 is 0. The molecule has 2 aromatic heterocycles. The Hall–Kier alpha value is -1.44. The molecule has 3 rings (SSSR count). The average Bonchev–Trinajstić information content (AvgIpc) is 3.08. The third-order valence-corrected chi connectivity index (χ3v) is 3.99. The van der Waals surface area contributed by atoms with E-state index in [2.05, 4.69) is 50.7 Å². The maximum atomic E-state index is 5.44. The van der Waals surface area contributed by atoms with Crippen LogP contribution >= 0.6 is 12.4 Å². The van der Waals surface area contributed by atoms with E-state index in [1.54, 1.807) is 0 Å². The topological polar surface area (TPSA) is 72.0 Å². The number of nitrogens with zero attached hydrogens (tertiary/aromatic N) is 5. The van der Waals surface area contributed by atoms with Crippen LogP contribution in [0.3, 0.4) is 0 Å². The Balaban J connectivity index is 0.00000192. The number of halogens is 1. The van der Waals surface area contributed by atoms with Crippen molar-refractivity contribution < 1.29 is 4.52 Å². The normalized spacial score (nSPS) is 19.6. The molecule has 3 heterocycles. The predicted octanol–water partition coefficient (Wildman–Crippen LogP) is 1.67. The molecule has 1 unspecified atom stereocenters. The van der Waals surface area contributed by atoms with Crippen LogP contribution < -0.4 is 5.32 Å². The van der Waals surface area contributed by atoms with Gasteiger partial charge in [0.2, 0.25) is 5.89 Å². The van der Waals surface area contributed by atoms with E-state index in [4.69, 9.17) is 4.52 Å². The smallest absolute Gasteiger partial charge is 0.240 e. The summed E-state index contributed by atoms with van der Waals surface area (Å²) in [5.74, 6) is 2.49. The van der Waals surface area contributed by atoms with Crippen LogP contribution in [0.1, 0.15) is 44.4 Å². The lowest BCUT2D eigenvalue weighted by Gasteiger charge is -2.34. The number of aromatic nitrogens is 4. The van der Waals surface area contributed by atoms with Gasteiger partial charge in [0.25, 0.3) is 0 Å². The Kier molecular flexibility index (Phi) is 5.44. The second-order valence-electron chi connectivity index (χ2n) is 6.85. The summed E-state index contributed by atoms with van der Waals surface area (Å²) in [6.07, 6.45) is 3.82. The molecule has 1 saturated heterocycles. The molecule has 0 aromatic carbocycles. The molecule has 0 saturated carbocycles. The van der Waals surface area contributed by atoms with Crippen LogP contribution in [0, 0.1) is 0 Å². The molecule has 1 atom stereocenters. The Morgan fingerprint density at radius 2 is 2.17 bits per heavy atom. The minimum Gasteiger partial charge on any atom is -0.338 e. The maximum Gasteiger partial charge on any atom is 0.240 e. The molecular weight excluding hydrogens is 316 g/mol.